The second-order valence-corrected chi connectivity index (χ2v) is 4.41. The van der Waals surface area contributed by atoms with Crippen LogP contribution in [0.3, 0.4) is 0 Å². The molecule has 1 heterocycles. The van der Waals surface area contributed by atoms with Crippen molar-refractivity contribution < 1.29 is 0 Å². The summed E-state index contributed by atoms with van der Waals surface area (Å²) in [5.74, 6) is 0. The van der Waals surface area contributed by atoms with Gasteiger partial charge in [0.2, 0.25) is 0 Å². The molecule has 0 amide bonds. The number of halogens is 1. The summed E-state index contributed by atoms with van der Waals surface area (Å²) < 4.78 is 0. The predicted molar refractivity (Wildman–Crippen MR) is 76.5 cm³/mol. The molecule has 3 aromatic rings. The highest BCUT2D eigenvalue weighted by molar-refractivity contribution is 6.29. The maximum atomic E-state index is 5.88. The van der Waals surface area contributed by atoms with Gasteiger partial charge in [-0.1, -0.05) is 48.0 Å². The van der Waals surface area contributed by atoms with Crippen LogP contribution in [-0.2, 0) is 0 Å². The molecule has 3 heteroatoms. The van der Waals surface area contributed by atoms with Crippen LogP contribution in [0, 0.1) is 0 Å². The van der Waals surface area contributed by atoms with Crippen LogP contribution in [0.5, 0.6) is 0 Å². The van der Waals surface area contributed by atoms with E-state index >= 15 is 0 Å². The van der Waals surface area contributed by atoms with Crippen LogP contribution in [0.1, 0.15) is 0 Å². The Hall–Kier alpha value is -2.06. The molecule has 0 saturated carbocycles. The fourth-order valence-electron chi connectivity index (χ4n) is 1.97. The lowest BCUT2D eigenvalue weighted by Crippen LogP contribution is -1.91. The quantitative estimate of drug-likeness (QED) is 0.675. The van der Waals surface area contributed by atoms with Crippen molar-refractivity contribution in [3.63, 3.8) is 0 Å². The van der Waals surface area contributed by atoms with E-state index in [9.17, 15) is 0 Å². The molecule has 0 spiro atoms. The summed E-state index contributed by atoms with van der Waals surface area (Å²) in [6, 6.07) is 18.2. The van der Waals surface area contributed by atoms with Gasteiger partial charge in [0.1, 0.15) is 5.15 Å². The molecule has 3 rings (SSSR count). The van der Waals surface area contributed by atoms with Crippen molar-refractivity contribution in [2.45, 2.75) is 0 Å². The average Bonchev–Trinajstić information content (AvgIpc) is 2.39. The average molecular weight is 255 g/mol. The highest BCUT2D eigenvalue weighted by Crippen LogP contribution is 2.26. The number of aromatic nitrogens is 1. The lowest BCUT2D eigenvalue weighted by atomic mass is 10.1. The Balaban J connectivity index is 2.05. The van der Waals surface area contributed by atoms with Crippen molar-refractivity contribution in [2.24, 2.45) is 0 Å². The molecule has 0 aliphatic rings. The van der Waals surface area contributed by atoms with E-state index in [0.717, 1.165) is 11.4 Å². The third kappa shape index (κ3) is 2.15. The first-order chi connectivity index (χ1) is 8.83. The van der Waals surface area contributed by atoms with Crippen LogP contribution < -0.4 is 5.32 Å². The largest absolute Gasteiger partial charge is 0.355 e. The molecule has 1 aromatic heterocycles. The predicted octanol–water partition coefficient (Wildman–Crippen LogP) is 4.63. The SMILES string of the molecule is Clc1cc(Nc2cccc3ccccc23)ccn1. The molecule has 0 aliphatic carbocycles. The smallest absolute Gasteiger partial charge is 0.131 e. The Kier molecular flexibility index (Phi) is 2.87. The lowest BCUT2D eigenvalue weighted by Gasteiger charge is -2.09. The summed E-state index contributed by atoms with van der Waals surface area (Å²) in [5.41, 5.74) is 2.00. The number of anilines is 2. The van der Waals surface area contributed by atoms with Gasteiger partial charge in [0.05, 0.1) is 0 Å². The van der Waals surface area contributed by atoms with Crippen LogP contribution in [0.4, 0.5) is 11.4 Å². The molecule has 0 radical (unpaired) electrons. The first-order valence-corrected chi connectivity index (χ1v) is 6.07. The van der Waals surface area contributed by atoms with E-state index in [1.807, 2.05) is 30.3 Å². The molecule has 0 saturated heterocycles. The highest BCUT2D eigenvalue weighted by atomic mass is 35.5. The van der Waals surface area contributed by atoms with E-state index in [1.165, 1.54) is 10.8 Å². The third-order valence-corrected chi connectivity index (χ3v) is 3.00. The zero-order chi connectivity index (χ0) is 12.4. The van der Waals surface area contributed by atoms with Crippen molar-refractivity contribution in [1.29, 1.82) is 0 Å². The number of nitrogens with zero attached hydrogens (tertiary/aromatic N) is 1. The minimum Gasteiger partial charge on any atom is -0.355 e. The van der Waals surface area contributed by atoms with Gasteiger partial charge in [-0.25, -0.2) is 4.98 Å². The van der Waals surface area contributed by atoms with Gasteiger partial charge in [0.25, 0.3) is 0 Å². The fraction of sp³-hybridized carbons (Fsp3) is 0. The molecule has 0 fully saturated rings. The van der Waals surface area contributed by atoms with Gasteiger partial charge in [0.15, 0.2) is 0 Å². The summed E-state index contributed by atoms with van der Waals surface area (Å²) in [6.07, 6.45) is 1.69. The Labute approximate surface area is 110 Å². The van der Waals surface area contributed by atoms with Crippen molar-refractivity contribution >= 4 is 33.7 Å². The van der Waals surface area contributed by atoms with Gasteiger partial charge in [-0.2, -0.15) is 0 Å². The van der Waals surface area contributed by atoms with E-state index < -0.39 is 0 Å². The Morgan fingerprint density at radius 2 is 1.78 bits per heavy atom. The van der Waals surface area contributed by atoms with E-state index in [2.05, 4.69) is 34.6 Å². The van der Waals surface area contributed by atoms with Crippen molar-refractivity contribution in [2.75, 3.05) is 5.32 Å². The van der Waals surface area contributed by atoms with Gasteiger partial charge in [-0.3, -0.25) is 0 Å². The second-order valence-electron chi connectivity index (χ2n) is 4.02. The minimum absolute atomic E-state index is 0.486. The minimum atomic E-state index is 0.486. The normalized spacial score (nSPS) is 10.5. The van der Waals surface area contributed by atoms with Crippen molar-refractivity contribution in [3.05, 3.63) is 65.9 Å². The van der Waals surface area contributed by atoms with E-state index in [0.29, 0.717) is 5.15 Å². The topological polar surface area (TPSA) is 24.9 Å². The molecule has 18 heavy (non-hydrogen) atoms. The number of fused-ring (bicyclic) bond motifs is 1. The van der Waals surface area contributed by atoms with Crippen LogP contribution in [0.25, 0.3) is 10.8 Å². The van der Waals surface area contributed by atoms with Crippen LogP contribution in [0.2, 0.25) is 5.15 Å². The molecule has 2 nitrogen and oxygen atoms in total. The van der Waals surface area contributed by atoms with E-state index in [1.54, 1.807) is 6.20 Å². The first-order valence-electron chi connectivity index (χ1n) is 5.69. The van der Waals surface area contributed by atoms with Crippen LogP contribution in [-0.4, -0.2) is 4.98 Å². The molecule has 0 unspecified atom stereocenters. The third-order valence-electron chi connectivity index (χ3n) is 2.80. The lowest BCUT2D eigenvalue weighted by molar-refractivity contribution is 1.32. The standard InChI is InChI=1S/C15H11ClN2/c16-15-10-12(8-9-17-15)18-14-7-3-5-11-4-1-2-6-13(11)14/h1-10H,(H,17,18). The van der Waals surface area contributed by atoms with Gasteiger partial charge >= 0.3 is 0 Å². The maximum absolute atomic E-state index is 5.88. The van der Waals surface area contributed by atoms with E-state index in [4.69, 9.17) is 11.6 Å². The number of pyridine rings is 1. The summed E-state index contributed by atoms with van der Waals surface area (Å²) in [6.45, 7) is 0. The Morgan fingerprint density at radius 1 is 0.944 bits per heavy atom. The second kappa shape index (κ2) is 4.67. The summed E-state index contributed by atoms with van der Waals surface area (Å²) in [5, 5.41) is 6.25. The van der Waals surface area contributed by atoms with E-state index in [-0.39, 0.29) is 0 Å². The zero-order valence-corrected chi connectivity index (χ0v) is 10.4. The molecule has 2 aromatic carbocycles. The monoisotopic (exact) mass is 254 g/mol. The van der Waals surface area contributed by atoms with Crippen molar-refractivity contribution in [1.82, 2.24) is 4.98 Å². The number of benzene rings is 2. The molecule has 0 bridgehead atoms. The Morgan fingerprint density at radius 3 is 2.67 bits per heavy atom. The Bertz CT molecular complexity index is 689. The maximum Gasteiger partial charge on any atom is 0.131 e. The molecular formula is C15H11ClN2. The summed E-state index contributed by atoms with van der Waals surface area (Å²) in [7, 11) is 0. The number of hydrogen-bond acceptors (Lipinski definition) is 2. The van der Waals surface area contributed by atoms with Crippen molar-refractivity contribution in [3.8, 4) is 0 Å². The first kappa shape index (κ1) is 11.1. The summed E-state index contributed by atoms with van der Waals surface area (Å²) in [4.78, 5) is 3.97. The van der Waals surface area contributed by atoms with Gasteiger partial charge in [0, 0.05) is 23.0 Å². The molecule has 88 valence electrons. The molecule has 0 aliphatic heterocycles. The highest BCUT2D eigenvalue weighted by Gasteiger charge is 2.01. The number of nitrogens with one attached hydrogen (secondary N) is 1. The van der Waals surface area contributed by atoms with Gasteiger partial charge in [-0.15, -0.1) is 0 Å². The number of hydrogen-bond donors (Lipinski definition) is 1. The van der Waals surface area contributed by atoms with Crippen LogP contribution >= 0.6 is 11.6 Å². The fourth-order valence-corrected chi connectivity index (χ4v) is 2.14. The van der Waals surface area contributed by atoms with Crippen LogP contribution in [0.15, 0.2) is 60.8 Å². The molecule has 1 N–H and O–H groups in total. The number of rotatable bonds is 2. The van der Waals surface area contributed by atoms with Gasteiger partial charge < -0.3 is 5.32 Å². The van der Waals surface area contributed by atoms with Gasteiger partial charge in [-0.05, 0) is 23.6 Å². The molecule has 0 atom stereocenters. The summed E-state index contributed by atoms with van der Waals surface area (Å²) >= 11 is 5.88. The zero-order valence-electron chi connectivity index (χ0n) is 9.60. The molecular weight excluding hydrogens is 244 g/mol.